The van der Waals surface area contributed by atoms with Gasteiger partial charge in [0.2, 0.25) is 0 Å². The first-order valence-electron chi connectivity index (χ1n) is 16.9. The first-order valence-corrected chi connectivity index (χ1v) is 16.9. The summed E-state index contributed by atoms with van der Waals surface area (Å²) in [6.45, 7) is 1.50. The van der Waals surface area contributed by atoms with Crippen molar-refractivity contribution >= 4 is 5.78 Å². The number of benzene rings is 3. The lowest BCUT2D eigenvalue weighted by Crippen LogP contribution is -2.65. The molecule has 3 rings (SSSR count). The van der Waals surface area contributed by atoms with Gasteiger partial charge in [0.15, 0.2) is 11.4 Å². The van der Waals surface area contributed by atoms with Crippen molar-refractivity contribution in [2.24, 2.45) is 0 Å². The molecule has 0 aliphatic rings. The Bertz CT molecular complexity index is 1110. The van der Waals surface area contributed by atoms with Crippen molar-refractivity contribution in [3.8, 4) is 0 Å². The van der Waals surface area contributed by atoms with Crippen LogP contribution in [0.3, 0.4) is 0 Å². The lowest BCUT2D eigenvalue weighted by atomic mass is 9.56. The number of aliphatic hydroxyl groups excluding tert-OH is 2. The quantitative estimate of drug-likeness (QED) is 0.0614. The van der Waals surface area contributed by atoms with E-state index in [4.69, 9.17) is 0 Å². The van der Waals surface area contributed by atoms with E-state index in [0.717, 1.165) is 32.1 Å². The molecule has 2 atom stereocenters. The van der Waals surface area contributed by atoms with E-state index < -0.39 is 29.5 Å². The van der Waals surface area contributed by atoms with Gasteiger partial charge in [0.1, 0.15) is 6.10 Å². The molecule has 0 fully saturated rings. The first kappa shape index (κ1) is 35.4. The lowest BCUT2D eigenvalue weighted by Gasteiger charge is -2.49. The molecule has 238 valence electrons. The monoisotopic (exact) mass is 598 g/mol. The van der Waals surface area contributed by atoms with Gasteiger partial charge < -0.3 is 15.3 Å². The number of allylic oxidation sites excluding steroid dienone is 2. The van der Waals surface area contributed by atoms with E-state index in [1.54, 1.807) is 0 Å². The molecule has 0 saturated carbocycles. The Morgan fingerprint density at radius 1 is 0.636 bits per heavy atom. The zero-order valence-electron chi connectivity index (χ0n) is 26.7. The molecule has 4 heteroatoms. The molecule has 0 aliphatic carbocycles. The second kappa shape index (κ2) is 19.4. The molecule has 3 N–H and O–H groups in total. The van der Waals surface area contributed by atoms with E-state index in [2.05, 4.69) is 19.1 Å². The summed E-state index contributed by atoms with van der Waals surface area (Å²) in [6.07, 6.45) is 18.0. The highest BCUT2D eigenvalue weighted by atomic mass is 16.4. The maximum Gasteiger partial charge on any atom is 0.168 e. The Morgan fingerprint density at radius 3 is 1.43 bits per heavy atom. The maximum atomic E-state index is 14.2. The second-order valence-corrected chi connectivity index (χ2v) is 12.1. The van der Waals surface area contributed by atoms with Crippen LogP contribution < -0.4 is 0 Å². The van der Waals surface area contributed by atoms with Gasteiger partial charge in [-0.2, -0.15) is 0 Å². The minimum atomic E-state index is -2.31. The third-order valence-electron chi connectivity index (χ3n) is 8.94. The van der Waals surface area contributed by atoms with Gasteiger partial charge in [-0.25, -0.2) is 0 Å². The van der Waals surface area contributed by atoms with Crippen LogP contribution in [-0.4, -0.2) is 39.4 Å². The van der Waals surface area contributed by atoms with Crippen molar-refractivity contribution in [3.05, 3.63) is 120 Å². The van der Waals surface area contributed by atoms with Gasteiger partial charge in [-0.15, -0.1) is 0 Å². The van der Waals surface area contributed by atoms with Crippen LogP contribution in [0.15, 0.2) is 103 Å². The Labute approximate surface area is 265 Å². The van der Waals surface area contributed by atoms with Gasteiger partial charge in [0.25, 0.3) is 0 Å². The molecule has 0 radical (unpaired) electrons. The van der Waals surface area contributed by atoms with Crippen LogP contribution in [0.2, 0.25) is 0 Å². The molecule has 44 heavy (non-hydrogen) atoms. The van der Waals surface area contributed by atoms with Crippen LogP contribution in [0, 0.1) is 0 Å². The molecule has 0 amide bonds. The summed E-state index contributed by atoms with van der Waals surface area (Å²) in [5.74, 6) is -0.465. The maximum absolute atomic E-state index is 14.2. The molecule has 0 aliphatic heterocycles. The Morgan fingerprint density at radius 2 is 1.02 bits per heavy atom. The largest absolute Gasteiger partial charge is 0.394 e. The summed E-state index contributed by atoms with van der Waals surface area (Å²) >= 11 is 0. The predicted octanol–water partition coefficient (Wildman–Crippen LogP) is 8.71. The van der Waals surface area contributed by atoms with Crippen molar-refractivity contribution in [2.45, 2.75) is 114 Å². The van der Waals surface area contributed by atoms with Gasteiger partial charge in [0, 0.05) is 6.42 Å². The number of aliphatic hydroxyl groups is 3. The van der Waals surface area contributed by atoms with Crippen LogP contribution in [-0.2, 0) is 10.2 Å². The number of Topliss-reactive ketones (excluding diaryl/α,β-unsaturated/α-hetero) is 1. The van der Waals surface area contributed by atoms with E-state index in [9.17, 15) is 20.1 Å². The molecular formula is C40H54O4. The number of rotatable bonds is 22. The highest BCUT2D eigenvalue weighted by Crippen LogP contribution is 2.50. The standard InChI is InChI=1S/C40H54O4/c1-2-3-4-5-6-7-8-9-10-11-12-13-14-15-25-32-37(42)40(44,38(43)33-41)39(34-26-19-16-20-27-34,35-28-21-17-22-29-35)36-30-23-18-24-31-36/h9-10,16-24,26-31,38,41,43-44H,2-8,11-15,25,32-33H2,1H3/t38-,40?/m0/s1. The summed E-state index contributed by atoms with van der Waals surface area (Å²) in [5, 5.41) is 34.3. The third-order valence-corrected chi connectivity index (χ3v) is 8.94. The number of carbonyl (C=O) groups excluding carboxylic acids is 1. The molecule has 3 aromatic rings. The summed E-state index contributed by atoms with van der Waals surface area (Å²) in [6, 6.07) is 28.2. The molecule has 0 saturated heterocycles. The van der Waals surface area contributed by atoms with Gasteiger partial charge in [-0.05, 0) is 48.8 Å². The molecule has 1 unspecified atom stereocenters. The number of unbranched alkanes of at least 4 members (excludes halogenated alkanes) is 11. The average molecular weight is 599 g/mol. The van der Waals surface area contributed by atoms with Gasteiger partial charge in [-0.3, -0.25) is 4.79 Å². The highest BCUT2D eigenvalue weighted by molar-refractivity contribution is 5.92. The van der Waals surface area contributed by atoms with Crippen LogP contribution in [0.4, 0.5) is 0 Å². The van der Waals surface area contributed by atoms with Gasteiger partial charge in [-0.1, -0.05) is 161 Å². The predicted molar refractivity (Wildman–Crippen MR) is 182 cm³/mol. The molecule has 3 aromatic carbocycles. The number of hydrogen-bond donors (Lipinski definition) is 3. The van der Waals surface area contributed by atoms with Gasteiger partial charge in [0.05, 0.1) is 12.0 Å². The van der Waals surface area contributed by atoms with E-state index in [-0.39, 0.29) is 6.42 Å². The summed E-state index contributed by atoms with van der Waals surface area (Å²) in [5.41, 5.74) is -1.74. The van der Waals surface area contributed by atoms with Crippen molar-refractivity contribution in [2.75, 3.05) is 6.61 Å². The Balaban J connectivity index is 1.69. The van der Waals surface area contributed by atoms with Crippen molar-refractivity contribution in [1.29, 1.82) is 0 Å². The number of ketones is 1. The minimum Gasteiger partial charge on any atom is -0.394 e. The highest BCUT2D eigenvalue weighted by Gasteiger charge is 2.61. The fourth-order valence-electron chi connectivity index (χ4n) is 6.55. The van der Waals surface area contributed by atoms with Crippen molar-refractivity contribution in [3.63, 3.8) is 0 Å². The van der Waals surface area contributed by atoms with Crippen LogP contribution >= 0.6 is 0 Å². The topological polar surface area (TPSA) is 77.8 Å². The molecule has 0 spiro atoms. The van der Waals surface area contributed by atoms with Crippen molar-refractivity contribution in [1.82, 2.24) is 0 Å². The minimum absolute atomic E-state index is 0.111. The van der Waals surface area contributed by atoms with Crippen LogP contribution in [0.5, 0.6) is 0 Å². The normalized spacial score (nSPS) is 14.0. The zero-order chi connectivity index (χ0) is 31.5. The van der Waals surface area contributed by atoms with Gasteiger partial charge >= 0.3 is 0 Å². The first-order chi connectivity index (χ1) is 21.5. The summed E-state index contributed by atoms with van der Waals surface area (Å²) in [7, 11) is 0. The third kappa shape index (κ3) is 9.00. The van der Waals surface area contributed by atoms with E-state index in [0.29, 0.717) is 23.1 Å². The van der Waals surface area contributed by atoms with Crippen LogP contribution in [0.1, 0.15) is 114 Å². The fraction of sp³-hybridized carbons (Fsp3) is 0.475. The lowest BCUT2D eigenvalue weighted by molar-refractivity contribution is -0.164. The average Bonchev–Trinajstić information content (AvgIpc) is 3.07. The molecular weight excluding hydrogens is 544 g/mol. The Kier molecular flexibility index (Phi) is 15.6. The summed E-state index contributed by atoms with van der Waals surface area (Å²) in [4.78, 5) is 14.2. The SMILES string of the molecule is CCCCCCCCC=CCCCCCCCC(=O)C(O)([C@@H](O)CO)C(c1ccccc1)(c1ccccc1)c1ccccc1. The molecule has 4 nitrogen and oxygen atoms in total. The molecule has 0 bridgehead atoms. The number of carbonyl (C=O) groups is 1. The Hall–Kier alpha value is -3.05. The van der Waals surface area contributed by atoms with E-state index >= 15 is 0 Å². The van der Waals surface area contributed by atoms with E-state index in [1.165, 1.54) is 44.9 Å². The molecule has 0 heterocycles. The fourth-order valence-corrected chi connectivity index (χ4v) is 6.55. The van der Waals surface area contributed by atoms with E-state index in [1.807, 2.05) is 91.0 Å². The summed E-state index contributed by atoms with van der Waals surface area (Å²) < 4.78 is 0. The molecule has 0 aromatic heterocycles. The number of hydrogen-bond acceptors (Lipinski definition) is 4. The zero-order valence-corrected chi connectivity index (χ0v) is 26.7. The van der Waals surface area contributed by atoms with Crippen LogP contribution in [0.25, 0.3) is 0 Å². The second-order valence-electron chi connectivity index (χ2n) is 12.1. The van der Waals surface area contributed by atoms with Crippen molar-refractivity contribution < 1.29 is 20.1 Å². The smallest absolute Gasteiger partial charge is 0.168 e.